The Bertz CT molecular complexity index is 670. The molecule has 0 fully saturated rings. The lowest BCUT2D eigenvalue weighted by Crippen LogP contribution is -1.97. The van der Waals surface area contributed by atoms with Gasteiger partial charge < -0.3 is 0 Å². The molecule has 0 aromatic carbocycles. The summed E-state index contributed by atoms with van der Waals surface area (Å²) in [4.78, 5) is 8.67. The predicted molar refractivity (Wildman–Crippen MR) is 65.7 cm³/mol. The van der Waals surface area contributed by atoms with E-state index in [-0.39, 0.29) is 0 Å². The van der Waals surface area contributed by atoms with Crippen molar-refractivity contribution in [2.75, 3.05) is 0 Å². The summed E-state index contributed by atoms with van der Waals surface area (Å²) in [6, 6.07) is 5.96. The fourth-order valence-corrected chi connectivity index (χ4v) is 2.00. The average molecular weight is 224 g/mol. The Morgan fingerprint density at radius 3 is 2.82 bits per heavy atom. The van der Waals surface area contributed by atoms with Crippen molar-refractivity contribution >= 4 is 5.65 Å². The molecule has 0 aliphatic rings. The molecule has 0 spiro atoms. The van der Waals surface area contributed by atoms with Crippen molar-refractivity contribution in [3.63, 3.8) is 0 Å². The third kappa shape index (κ3) is 1.58. The minimum atomic E-state index is 0.885. The second-order valence-electron chi connectivity index (χ2n) is 4.07. The highest BCUT2D eigenvalue weighted by Gasteiger charge is 2.09. The zero-order chi connectivity index (χ0) is 11.8. The van der Waals surface area contributed by atoms with Crippen molar-refractivity contribution in [2.45, 2.75) is 13.8 Å². The van der Waals surface area contributed by atoms with Gasteiger partial charge in [0.25, 0.3) is 0 Å². The first kappa shape index (κ1) is 9.96. The van der Waals surface area contributed by atoms with Crippen molar-refractivity contribution in [1.82, 2.24) is 19.6 Å². The summed E-state index contributed by atoms with van der Waals surface area (Å²) >= 11 is 0. The summed E-state index contributed by atoms with van der Waals surface area (Å²) in [6.45, 7) is 4.02. The lowest BCUT2D eigenvalue weighted by molar-refractivity contribution is 0.886. The van der Waals surface area contributed by atoms with Crippen molar-refractivity contribution in [3.05, 3.63) is 48.2 Å². The quantitative estimate of drug-likeness (QED) is 0.637. The van der Waals surface area contributed by atoms with Crippen LogP contribution in [0.2, 0.25) is 0 Å². The highest BCUT2D eigenvalue weighted by Crippen LogP contribution is 2.23. The molecule has 0 aliphatic carbocycles. The van der Waals surface area contributed by atoms with Crippen LogP contribution in [-0.4, -0.2) is 19.6 Å². The lowest BCUT2D eigenvalue weighted by Gasteiger charge is -2.02. The SMILES string of the molecule is Cc1cc(C)n2ncc(-c3cccnc3)c2n1. The monoisotopic (exact) mass is 224 g/mol. The van der Waals surface area contributed by atoms with Crippen molar-refractivity contribution < 1.29 is 0 Å². The molecule has 3 rings (SSSR count). The van der Waals surface area contributed by atoms with Gasteiger partial charge in [0.15, 0.2) is 5.65 Å². The van der Waals surface area contributed by atoms with E-state index < -0.39 is 0 Å². The third-order valence-electron chi connectivity index (χ3n) is 2.75. The Morgan fingerprint density at radius 1 is 1.18 bits per heavy atom. The molecule has 17 heavy (non-hydrogen) atoms. The van der Waals surface area contributed by atoms with Crippen LogP contribution < -0.4 is 0 Å². The largest absolute Gasteiger partial charge is 0.264 e. The standard InChI is InChI=1S/C13H12N4/c1-9-6-10(2)17-13(16-9)12(8-15-17)11-4-3-5-14-7-11/h3-8H,1-2H3. The van der Waals surface area contributed by atoms with Crippen molar-refractivity contribution in [3.8, 4) is 11.1 Å². The van der Waals surface area contributed by atoms with Crippen LogP contribution in [-0.2, 0) is 0 Å². The maximum atomic E-state index is 4.55. The van der Waals surface area contributed by atoms with Gasteiger partial charge in [0.05, 0.1) is 6.20 Å². The van der Waals surface area contributed by atoms with Gasteiger partial charge >= 0.3 is 0 Å². The van der Waals surface area contributed by atoms with Crippen LogP contribution in [0.15, 0.2) is 36.8 Å². The van der Waals surface area contributed by atoms with E-state index >= 15 is 0 Å². The summed E-state index contributed by atoms with van der Waals surface area (Å²) < 4.78 is 1.86. The van der Waals surface area contributed by atoms with E-state index in [0.29, 0.717) is 0 Å². The summed E-state index contributed by atoms with van der Waals surface area (Å²) in [5.41, 5.74) is 5.03. The van der Waals surface area contributed by atoms with Gasteiger partial charge in [-0.1, -0.05) is 6.07 Å². The molecule has 4 heteroatoms. The smallest absolute Gasteiger partial charge is 0.163 e. The molecule has 0 atom stereocenters. The minimum Gasteiger partial charge on any atom is -0.264 e. The zero-order valence-electron chi connectivity index (χ0n) is 9.75. The zero-order valence-corrected chi connectivity index (χ0v) is 9.75. The number of hydrogen-bond donors (Lipinski definition) is 0. The van der Waals surface area contributed by atoms with Gasteiger partial charge in [0.1, 0.15) is 0 Å². The maximum absolute atomic E-state index is 4.55. The number of fused-ring (bicyclic) bond motifs is 1. The molecule has 0 aliphatic heterocycles. The molecule has 3 aromatic heterocycles. The van der Waals surface area contributed by atoms with E-state index in [9.17, 15) is 0 Å². The van der Waals surface area contributed by atoms with Crippen LogP contribution in [0.1, 0.15) is 11.4 Å². The molecular formula is C13H12N4. The van der Waals surface area contributed by atoms with Crippen molar-refractivity contribution in [1.29, 1.82) is 0 Å². The fraction of sp³-hybridized carbons (Fsp3) is 0.154. The van der Waals surface area contributed by atoms with Gasteiger partial charge in [0.2, 0.25) is 0 Å². The second-order valence-corrected chi connectivity index (χ2v) is 4.07. The first-order valence-corrected chi connectivity index (χ1v) is 5.48. The van der Waals surface area contributed by atoms with E-state index in [2.05, 4.69) is 15.1 Å². The molecule has 0 unspecified atom stereocenters. The van der Waals surface area contributed by atoms with Crippen LogP contribution in [0.4, 0.5) is 0 Å². The Kier molecular flexibility index (Phi) is 2.14. The molecule has 84 valence electrons. The van der Waals surface area contributed by atoms with Gasteiger partial charge in [-0.05, 0) is 26.0 Å². The topological polar surface area (TPSA) is 43.1 Å². The van der Waals surface area contributed by atoms with Crippen molar-refractivity contribution in [2.24, 2.45) is 0 Å². The molecule has 3 aromatic rings. The van der Waals surface area contributed by atoms with E-state index in [1.54, 1.807) is 6.20 Å². The summed E-state index contributed by atoms with van der Waals surface area (Å²) in [5.74, 6) is 0. The van der Waals surface area contributed by atoms with E-state index in [4.69, 9.17) is 0 Å². The highest BCUT2D eigenvalue weighted by molar-refractivity contribution is 5.76. The Labute approximate surface area is 99.0 Å². The molecule has 0 radical (unpaired) electrons. The Morgan fingerprint density at radius 2 is 2.06 bits per heavy atom. The first-order chi connectivity index (χ1) is 8.25. The molecule has 0 N–H and O–H groups in total. The maximum Gasteiger partial charge on any atom is 0.163 e. The summed E-state index contributed by atoms with van der Waals surface area (Å²) in [5, 5.41) is 4.36. The predicted octanol–water partition coefficient (Wildman–Crippen LogP) is 2.41. The number of aryl methyl sites for hydroxylation is 2. The van der Waals surface area contributed by atoms with E-state index in [1.165, 1.54) is 0 Å². The van der Waals surface area contributed by atoms with Crippen LogP contribution in [0.3, 0.4) is 0 Å². The van der Waals surface area contributed by atoms with Crippen LogP contribution >= 0.6 is 0 Å². The average Bonchev–Trinajstić information content (AvgIpc) is 2.74. The van der Waals surface area contributed by atoms with Gasteiger partial charge in [-0.15, -0.1) is 0 Å². The molecular weight excluding hydrogens is 212 g/mol. The number of aromatic nitrogens is 4. The minimum absolute atomic E-state index is 0.885. The fourth-order valence-electron chi connectivity index (χ4n) is 2.00. The lowest BCUT2D eigenvalue weighted by atomic mass is 10.1. The summed E-state index contributed by atoms with van der Waals surface area (Å²) in [7, 11) is 0. The number of pyridine rings is 1. The van der Waals surface area contributed by atoms with E-state index in [1.807, 2.05) is 49.0 Å². The number of hydrogen-bond acceptors (Lipinski definition) is 3. The van der Waals surface area contributed by atoms with Gasteiger partial charge in [-0.25, -0.2) is 9.50 Å². The molecule has 0 bridgehead atoms. The molecule has 0 saturated carbocycles. The molecule has 4 nitrogen and oxygen atoms in total. The van der Waals surface area contributed by atoms with Crippen LogP contribution in [0.5, 0.6) is 0 Å². The first-order valence-electron chi connectivity index (χ1n) is 5.48. The van der Waals surface area contributed by atoms with Gasteiger partial charge in [-0.2, -0.15) is 5.10 Å². The Balaban J connectivity index is 2.32. The van der Waals surface area contributed by atoms with E-state index in [0.717, 1.165) is 28.2 Å². The van der Waals surface area contributed by atoms with Gasteiger partial charge in [-0.3, -0.25) is 4.98 Å². The summed E-state index contributed by atoms with van der Waals surface area (Å²) in [6.07, 6.45) is 5.43. The molecule has 0 saturated heterocycles. The third-order valence-corrected chi connectivity index (χ3v) is 2.75. The normalized spacial score (nSPS) is 10.9. The van der Waals surface area contributed by atoms with Crippen LogP contribution in [0, 0.1) is 13.8 Å². The Hall–Kier alpha value is -2.23. The molecule has 3 heterocycles. The number of nitrogens with zero attached hydrogens (tertiary/aromatic N) is 4. The number of rotatable bonds is 1. The van der Waals surface area contributed by atoms with Crippen LogP contribution in [0.25, 0.3) is 16.8 Å². The molecule has 0 amide bonds. The van der Waals surface area contributed by atoms with Gasteiger partial charge in [0, 0.05) is 34.9 Å². The highest BCUT2D eigenvalue weighted by atomic mass is 15.3. The second kappa shape index (κ2) is 3.66.